The summed E-state index contributed by atoms with van der Waals surface area (Å²) in [6.45, 7) is 0.366. The van der Waals surface area contributed by atoms with Crippen molar-refractivity contribution < 1.29 is 9.90 Å². The summed E-state index contributed by atoms with van der Waals surface area (Å²) < 4.78 is 0. The van der Waals surface area contributed by atoms with Crippen LogP contribution in [-0.4, -0.2) is 21.6 Å². The summed E-state index contributed by atoms with van der Waals surface area (Å²) in [4.78, 5) is 15.7. The van der Waals surface area contributed by atoms with Crippen LogP contribution in [0.1, 0.15) is 31.2 Å². The van der Waals surface area contributed by atoms with Gasteiger partial charge in [0.1, 0.15) is 10.8 Å². The zero-order valence-corrected chi connectivity index (χ0v) is 10.2. The van der Waals surface area contributed by atoms with Crippen molar-refractivity contribution in [3.8, 4) is 0 Å². The number of nitrogens with one attached hydrogen (secondary N) is 1. The van der Waals surface area contributed by atoms with Crippen molar-refractivity contribution >= 4 is 17.5 Å². The monoisotopic (exact) mass is 254 g/mol. The van der Waals surface area contributed by atoms with Gasteiger partial charge < -0.3 is 10.4 Å². The van der Waals surface area contributed by atoms with E-state index in [1.807, 2.05) is 0 Å². The fraction of sp³-hybridized carbons (Fsp3) is 0.500. The molecule has 0 atom stereocenters. The summed E-state index contributed by atoms with van der Waals surface area (Å²) in [5, 5.41) is 13.2. The van der Waals surface area contributed by atoms with E-state index in [0.29, 0.717) is 24.5 Å². The molecule has 0 bridgehead atoms. The van der Waals surface area contributed by atoms with E-state index in [9.17, 15) is 9.90 Å². The molecule has 1 amide bonds. The second-order valence-electron chi connectivity index (χ2n) is 4.41. The van der Waals surface area contributed by atoms with Crippen LogP contribution in [0.3, 0.4) is 0 Å². The van der Waals surface area contributed by atoms with Crippen LogP contribution in [0, 0.1) is 0 Å². The molecule has 2 N–H and O–H groups in total. The number of hydrogen-bond donors (Lipinski definition) is 2. The molecule has 2 rings (SSSR count). The molecule has 4 nitrogen and oxygen atoms in total. The van der Waals surface area contributed by atoms with Gasteiger partial charge in [-0.1, -0.05) is 17.7 Å². The first kappa shape index (κ1) is 12.3. The third-order valence-corrected chi connectivity index (χ3v) is 3.32. The molecule has 0 radical (unpaired) electrons. The number of carbonyl (C=O) groups is 1. The molecule has 0 aliphatic heterocycles. The Bertz CT molecular complexity index is 399. The SMILES string of the molecule is O=C(NCc1ccc(Cl)nc1)C1(O)CCCC1. The van der Waals surface area contributed by atoms with Crippen LogP contribution < -0.4 is 5.32 Å². The normalized spacial score (nSPS) is 18.0. The Hall–Kier alpha value is -1.13. The zero-order chi connectivity index (χ0) is 12.3. The van der Waals surface area contributed by atoms with E-state index >= 15 is 0 Å². The summed E-state index contributed by atoms with van der Waals surface area (Å²) in [5.74, 6) is -0.287. The Kier molecular flexibility index (Phi) is 3.64. The molecule has 1 aliphatic rings. The van der Waals surface area contributed by atoms with Crippen LogP contribution in [0.4, 0.5) is 0 Å². The van der Waals surface area contributed by atoms with Crippen molar-refractivity contribution in [3.05, 3.63) is 29.0 Å². The quantitative estimate of drug-likeness (QED) is 0.807. The third-order valence-electron chi connectivity index (χ3n) is 3.10. The van der Waals surface area contributed by atoms with Gasteiger partial charge in [-0.3, -0.25) is 4.79 Å². The summed E-state index contributed by atoms with van der Waals surface area (Å²) in [7, 11) is 0. The predicted molar refractivity (Wildman–Crippen MR) is 64.5 cm³/mol. The standard InChI is InChI=1S/C12H15ClN2O2/c13-10-4-3-9(7-14-10)8-15-11(16)12(17)5-1-2-6-12/h3-4,7,17H,1-2,5-6,8H2,(H,15,16). The molecule has 1 aliphatic carbocycles. The minimum atomic E-state index is -1.17. The molecule has 17 heavy (non-hydrogen) atoms. The summed E-state index contributed by atoms with van der Waals surface area (Å²) in [6.07, 6.45) is 4.54. The van der Waals surface area contributed by atoms with Crippen molar-refractivity contribution in [1.82, 2.24) is 10.3 Å². The van der Waals surface area contributed by atoms with Crippen LogP contribution in [0.15, 0.2) is 18.3 Å². The van der Waals surface area contributed by atoms with Crippen LogP contribution >= 0.6 is 11.6 Å². The smallest absolute Gasteiger partial charge is 0.252 e. The largest absolute Gasteiger partial charge is 0.380 e. The summed E-state index contributed by atoms with van der Waals surface area (Å²) >= 11 is 5.66. The van der Waals surface area contributed by atoms with Gasteiger partial charge in [0.05, 0.1) is 0 Å². The van der Waals surface area contributed by atoms with E-state index in [4.69, 9.17) is 11.6 Å². The maximum atomic E-state index is 11.8. The van der Waals surface area contributed by atoms with Gasteiger partial charge >= 0.3 is 0 Å². The minimum absolute atomic E-state index is 0.287. The Balaban J connectivity index is 1.89. The molecule has 5 heteroatoms. The lowest BCUT2D eigenvalue weighted by Crippen LogP contribution is -2.44. The number of rotatable bonds is 3. The second-order valence-corrected chi connectivity index (χ2v) is 4.80. The molecule has 1 heterocycles. The average Bonchev–Trinajstić information content (AvgIpc) is 2.76. The van der Waals surface area contributed by atoms with Gasteiger partial charge in [-0.2, -0.15) is 0 Å². The molecule has 0 unspecified atom stereocenters. The van der Waals surface area contributed by atoms with E-state index in [-0.39, 0.29) is 5.91 Å². The van der Waals surface area contributed by atoms with Gasteiger partial charge in [0, 0.05) is 12.7 Å². The predicted octanol–water partition coefficient (Wildman–Crippen LogP) is 1.66. The highest BCUT2D eigenvalue weighted by Crippen LogP contribution is 2.29. The van der Waals surface area contributed by atoms with E-state index in [2.05, 4.69) is 10.3 Å². The first-order valence-corrected chi connectivity index (χ1v) is 6.09. The minimum Gasteiger partial charge on any atom is -0.380 e. The molecule has 1 aromatic rings. The highest BCUT2D eigenvalue weighted by atomic mass is 35.5. The van der Waals surface area contributed by atoms with Crippen LogP contribution in [0.5, 0.6) is 0 Å². The molecule has 0 aromatic carbocycles. The number of hydrogen-bond acceptors (Lipinski definition) is 3. The van der Waals surface area contributed by atoms with Crippen molar-refractivity contribution in [2.75, 3.05) is 0 Å². The molecule has 0 spiro atoms. The zero-order valence-electron chi connectivity index (χ0n) is 9.45. The maximum absolute atomic E-state index is 11.8. The molecule has 1 fully saturated rings. The third kappa shape index (κ3) is 2.96. The van der Waals surface area contributed by atoms with E-state index < -0.39 is 5.60 Å². The van der Waals surface area contributed by atoms with Gasteiger partial charge in [-0.05, 0) is 37.3 Å². The van der Waals surface area contributed by atoms with Gasteiger partial charge in [-0.15, -0.1) is 0 Å². The van der Waals surface area contributed by atoms with Gasteiger partial charge in [-0.25, -0.2) is 4.98 Å². The second kappa shape index (κ2) is 5.02. The lowest BCUT2D eigenvalue weighted by molar-refractivity contribution is -0.139. The van der Waals surface area contributed by atoms with Crippen LogP contribution in [0.2, 0.25) is 5.15 Å². The van der Waals surface area contributed by atoms with Gasteiger partial charge in [0.15, 0.2) is 0 Å². The first-order chi connectivity index (χ1) is 8.10. The summed E-state index contributed by atoms with van der Waals surface area (Å²) in [5.41, 5.74) is -0.302. The lowest BCUT2D eigenvalue weighted by Gasteiger charge is -2.20. The molecule has 1 saturated carbocycles. The number of aliphatic hydroxyl groups is 1. The fourth-order valence-electron chi connectivity index (χ4n) is 2.04. The van der Waals surface area contributed by atoms with Crippen LogP contribution in [0.25, 0.3) is 0 Å². The molecular weight excluding hydrogens is 240 g/mol. The van der Waals surface area contributed by atoms with Gasteiger partial charge in [0.25, 0.3) is 5.91 Å². The topological polar surface area (TPSA) is 62.2 Å². The number of aromatic nitrogens is 1. The molecular formula is C12H15ClN2O2. The van der Waals surface area contributed by atoms with Crippen molar-refractivity contribution in [2.45, 2.75) is 37.8 Å². The van der Waals surface area contributed by atoms with Crippen molar-refractivity contribution in [1.29, 1.82) is 0 Å². The Morgan fingerprint density at radius 2 is 2.18 bits per heavy atom. The number of amides is 1. The molecule has 1 aromatic heterocycles. The highest BCUT2D eigenvalue weighted by Gasteiger charge is 2.38. The van der Waals surface area contributed by atoms with E-state index in [0.717, 1.165) is 18.4 Å². The van der Waals surface area contributed by atoms with Crippen molar-refractivity contribution in [3.63, 3.8) is 0 Å². The lowest BCUT2D eigenvalue weighted by atomic mass is 10.0. The van der Waals surface area contributed by atoms with E-state index in [1.165, 1.54) is 0 Å². The molecule has 92 valence electrons. The average molecular weight is 255 g/mol. The van der Waals surface area contributed by atoms with Crippen molar-refractivity contribution in [2.24, 2.45) is 0 Å². The van der Waals surface area contributed by atoms with E-state index in [1.54, 1.807) is 18.3 Å². The van der Waals surface area contributed by atoms with Gasteiger partial charge in [0.2, 0.25) is 0 Å². The number of halogens is 1. The number of carbonyl (C=O) groups excluding carboxylic acids is 1. The maximum Gasteiger partial charge on any atom is 0.252 e. The molecule has 0 saturated heterocycles. The Morgan fingerprint density at radius 3 is 2.76 bits per heavy atom. The van der Waals surface area contributed by atoms with Crippen LogP contribution in [-0.2, 0) is 11.3 Å². The first-order valence-electron chi connectivity index (χ1n) is 5.71. The summed E-state index contributed by atoms with van der Waals surface area (Å²) in [6, 6.07) is 3.47. The number of pyridine rings is 1. The highest BCUT2D eigenvalue weighted by molar-refractivity contribution is 6.29. The Morgan fingerprint density at radius 1 is 1.47 bits per heavy atom. The fourth-order valence-corrected chi connectivity index (χ4v) is 2.16. The number of nitrogens with zero attached hydrogens (tertiary/aromatic N) is 1. The Labute approximate surface area is 105 Å².